The number of hydrogen-bond donors (Lipinski definition) is 2. The first kappa shape index (κ1) is 13.9. The van der Waals surface area contributed by atoms with Crippen molar-refractivity contribution in [1.29, 1.82) is 0 Å². The highest BCUT2D eigenvalue weighted by Crippen LogP contribution is 2.40. The fraction of sp³-hybridized carbons (Fsp3) is 0.538. The Labute approximate surface area is 105 Å². The molecule has 0 atom stereocenters. The lowest BCUT2D eigenvalue weighted by Gasteiger charge is -2.37. The quantitative estimate of drug-likeness (QED) is 0.625. The van der Waals surface area contributed by atoms with Gasteiger partial charge in [-0.05, 0) is 37.2 Å². The number of rotatable bonds is 2. The van der Waals surface area contributed by atoms with Crippen molar-refractivity contribution in [3.8, 4) is 5.75 Å². The Bertz CT molecular complexity index is 422. The van der Waals surface area contributed by atoms with Gasteiger partial charge in [0.05, 0.1) is 5.69 Å². The van der Waals surface area contributed by atoms with Crippen molar-refractivity contribution in [2.24, 2.45) is 0 Å². The fourth-order valence-corrected chi connectivity index (χ4v) is 2.36. The van der Waals surface area contributed by atoms with Gasteiger partial charge in [0.2, 0.25) is 0 Å². The molecule has 0 aliphatic rings. The molecule has 0 bridgehead atoms. The van der Waals surface area contributed by atoms with E-state index in [0.29, 0.717) is 5.69 Å². The normalized spacial score (nSPS) is 12.6. The third kappa shape index (κ3) is 2.75. The van der Waals surface area contributed by atoms with Crippen LogP contribution in [-0.4, -0.2) is 8.32 Å². The average molecular weight is 252 g/mol. The maximum Gasteiger partial charge on any atom is 0.250 e. The minimum Gasteiger partial charge on any atom is -0.542 e. The van der Waals surface area contributed by atoms with Gasteiger partial charge < -0.3 is 15.9 Å². The third-order valence-corrected chi connectivity index (χ3v) is 7.97. The number of nitrogen functional groups attached to an aromatic ring is 2. The third-order valence-electron chi connectivity index (χ3n) is 3.64. The molecule has 0 aliphatic carbocycles. The predicted molar refractivity (Wildman–Crippen MR) is 77.8 cm³/mol. The van der Waals surface area contributed by atoms with Crippen LogP contribution >= 0.6 is 0 Å². The van der Waals surface area contributed by atoms with Crippen LogP contribution < -0.4 is 15.9 Å². The van der Waals surface area contributed by atoms with E-state index in [0.717, 1.165) is 17.0 Å². The largest absolute Gasteiger partial charge is 0.542 e. The standard InChI is InChI=1S/C13H24N2OSi/c1-9-10(14)7-8-11(15)12(9)16-17(5,6)13(2,3)4/h7-8H,14-15H2,1-6H3. The molecular formula is C13H24N2OSi. The van der Waals surface area contributed by atoms with Gasteiger partial charge in [-0.3, -0.25) is 0 Å². The van der Waals surface area contributed by atoms with Gasteiger partial charge in [0.1, 0.15) is 5.75 Å². The van der Waals surface area contributed by atoms with Crippen molar-refractivity contribution in [2.75, 3.05) is 11.5 Å². The molecule has 0 saturated carbocycles. The molecule has 17 heavy (non-hydrogen) atoms. The van der Waals surface area contributed by atoms with Crippen LogP contribution in [0.1, 0.15) is 26.3 Å². The van der Waals surface area contributed by atoms with Crippen molar-refractivity contribution in [2.45, 2.75) is 45.8 Å². The highest BCUT2D eigenvalue weighted by Gasteiger charge is 2.39. The zero-order valence-corrected chi connectivity index (χ0v) is 12.7. The molecule has 0 radical (unpaired) electrons. The average Bonchev–Trinajstić information content (AvgIpc) is 2.17. The number of benzene rings is 1. The van der Waals surface area contributed by atoms with Crippen LogP contribution in [0.15, 0.2) is 12.1 Å². The zero-order valence-electron chi connectivity index (χ0n) is 11.7. The van der Waals surface area contributed by atoms with Gasteiger partial charge in [0.15, 0.2) is 0 Å². The molecule has 0 fully saturated rings. The van der Waals surface area contributed by atoms with Crippen LogP contribution in [0.4, 0.5) is 11.4 Å². The van der Waals surface area contributed by atoms with Crippen molar-refractivity contribution in [3.05, 3.63) is 17.7 Å². The Morgan fingerprint density at radius 1 is 1.06 bits per heavy atom. The van der Waals surface area contributed by atoms with Gasteiger partial charge >= 0.3 is 0 Å². The van der Waals surface area contributed by atoms with Crippen LogP contribution in [0.2, 0.25) is 18.1 Å². The second-order valence-corrected chi connectivity index (χ2v) is 10.8. The van der Waals surface area contributed by atoms with E-state index in [9.17, 15) is 0 Å². The Morgan fingerprint density at radius 3 is 2.00 bits per heavy atom. The second-order valence-electron chi connectivity index (χ2n) is 6.06. The Kier molecular flexibility index (Phi) is 3.48. The topological polar surface area (TPSA) is 61.3 Å². The molecule has 0 aliphatic heterocycles. The molecule has 1 rings (SSSR count). The summed E-state index contributed by atoms with van der Waals surface area (Å²) in [7, 11) is -1.87. The van der Waals surface area contributed by atoms with Crippen molar-refractivity contribution in [3.63, 3.8) is 0 Å². The molecule has 0 heterocycles. The van der Waals surface area contributed by atoms with Crippen LogP contribution in [0, 0.1) is 6.92 Å². The second kappa shape index (κ2) is 4.26. The summed E-state index contributed by atoms with van der Waals surface area (Å²) in [6.07, 6.45) is 0. The van der Waals surface area contributed by atoms with E-state index in [1.165, 1.54) is 0 Å². The van der Waals surface area contributed by atoms with Crippen molar-refractivity contribution >= 4 is 19.7 Å². The van der Waals surface area contributed by atoms with E-state index >= 15 is 0 Å². The maximum absolute atomic E-state index is 6.24. The summed E-state index contributed by atoms with van der Waals surface area (Å²) in [5.41, 5.74) is 14.2. The maximum atomic E-state index is 6.24. The Hall–Kier alpha value is -1.16. The summed E-state index contributed by atoms with van der Waals surface area (Å²) in [5, 5.41) is 0.149. The van der Waals surface area contributed by atoms with E-state index in [4.69, 9.17) is 15.9 Å². The summed E-state index contributed by atoms with van der Waals surface area (Å²) in [6, 6.07) is 3.63. The first-order valence-electron chi connectivity index (χ1n) is 5.90. The summed E-state index contributed by atoms with van der Waals surface area (Å²) >= 11 is 0. The Morgan fingerprint density at radius 2 is 1.53 bits per heavy atom. The molecule has 4 N–H and O–H groups in total. The monoisotopic (exact) mass is 252 g/mol. The highest BCUT2D eigenvalue weighted by molar-refractivity contribution is 6.74. The molecule has 96 valence electrons. The summed E-state index contributed by atoms with van der Waals surface area (Å²) in [6.45, 7) is 13.0. The number of hydrogen-bond acceptors (Lipinski definition) is 3. The van der Waals surface area contributed by atoms with Gasteiger partial charge in [-0.2, -0.15) is 0 Å². The van der Waals surface area contributed by atoms with E-state index in [1.54, 1.807) is 0 Å². The summed E-state index contributed by atoms with van der Waals surface area (Å²) in [5.74, 6) is 0.761. The van der Waals surface area contributed by atoms with Crippen LogP contribution in [0.3, 0.4) is 0 Å². The molecule has 0 amide bonds. The summed E-state index contributed by atoms with van der Waals surface area (Å²) in [4.78, 5) is 0. The van der Waals surface area contributed by atoms with Crippen LogP contribution in [0.25, 0.3) is 0 Å². The lowest BCUT2D eigenvalue weighted by Crippen LogP contribution is -2.44. The Balaban J connectivity index is 3.16. The highest BCUT2D eigenvalue weighted by atomic mass is 28.4. The number of anilines is 2. The molecule has 3 nitrogen and oxygen atoms in total. The first-order valence-corrected chi connectivity index (χ1v) is 8.80. The molecule has 0 saturated heterocycles. The van der Waals surface area contributed by atoms with Gasteiger partial charge in [-0.25, -0.2) is 0 Å². The molecule has 1 aromatic rings. The van der Waals surface area contributed by atoms with Gasteiger partial charge in [0, 0.05) is 11.3 Å². The fourth-order valence-electron chi connectivity index (χ4n) is 1.27. The first-order chi connectivity index (χ1) is 7.56. The molecular weight excluding hydrogens is 228 g/mol. The smallest absolute Gasteiger partial charge is 0.250 e. The summed E-state index contributed by atoms with van der Waals surface area (Å²) < 4.78 is 6.24. The van der Waals surface area contributed by atoms with E-state index in [-0.39, 0.29) is 5.04 Å². The van der Waals surface area contributed by atoms with Gasteiger partial charge in [-0.1, -0.05) is 20.8 Å². The SMILES string of the molecule is Cc1c(N)ccc(N)c1O[Si](C)(C)C(C)(C)C. The molecule has 0 unspecified atom stereocenters. The van der Waals surface area contributed by atoms with E-state index < -0.39 is 8.32 Å². The van der Waals surface area contributed by atoms with Crippen molar-refractivity contribution in [1.82, 2.24) is 0 Å². The minimum absolute atomic E-state index is 0.149. The number of nitrogens with two attached hydrogens (primary N) is 2. The van der Waals surface area contributed by atoms with E-state index in [2.05, 4.69) is 33.9 Å². The molecule has 1 aromatic carbocycles. The molecule has 4 heteroatoms. The lowest BCUT2D eigenvalue weighted by molar-refractivity contribution is 0.491. The van der Waals surface area contributed by atoms with Crippen LogP contribution in [0.5, 0.6) is 5.75 Å². The van der Waals surface area contributed by atoms with Gasteiger partial charge in [0.25, 0.3) is 8.32 Å². The van der Waals surface area contributed by atoms with Crippen molar-refractivity contribution < 1.29 is 4.43 Å². The lowest BCUT2D eigenvalue weighted by atomic mass is 10.1. The predicted octanol–water partition coefficient (Wildman–Crippen LogP) is 3.54. The van der Waals surface area contributed by atoms with Gasteiger partial charge in [-0.15, -0.1) is 0 Å². The minimum atomic E-state index is -1.87. The van der Waals surface area contributed by atoms with Crippen LogP contribution in [-0.2, 0) is 0 Å². The van der Waals surface area contributed by atoms with E-state index in [1.807, 2.05) is 19.1 Å². The zero-order chi connectivity index (χ0) is 13.4. The molecule has 0 aromatic heterocycles. The molecule has 0 spiro atoms.